The molecule has 0 spiro atoms. The van der Waals surface area contributed by atoms with Gasteiger partial charge < -0.3 is 28.5 Å². The Hall–Kier alpha value is -3.07. The van der Waals surface area contributed by atoms with Crippen LogP contribution in [0.5, 0.6) is 0 Å². The first-order valence-corrected chi connectivity index (χ1v) is 36.0. The van der Waals surface area contributed by atoms with E-state index >= 15 is 0 Å². The van der Waals surface area contributed by atoms with Gasteiger partial charge in [0.1, 0.15) is 19.3 Å². The van der Waals surface area contributed by atoms with E-state index in [0.29, 0.717) is 23.9 Å². The molecule has 0 aliphatic rings. The molecule has 0 rings (SSSR count). The Morgan fingerprint density at radius 2 is 0.771 bits per heavy atom. The van der Waals surface area contributed by atoms with Crippen molar-refractivity contribution < 1.29 is 37.3 Å². The van der Waals surface area contributed by atoms with Crippen LogP contribution in [0.25, 0.3) is 0 Å². The van der Waals surface area contributed by atoms with Crippen LogP contribution in [0.15, 0.2) is 97.2 Å². The number of carbonyl (C=O) groups is 2. The highest BCUT2D eigenvalue weighted by atomic mass is 31.2. The maximum Gasteiger partial charge on any atom is 0.306 e. The highest BCUT2D eigenvalue weighted by molar-refractivity contribution is 7.45. The number of hydrogen-bond acceptors (Lipinski definition) is 7. The molecule has 0 aromatic carbocycles. The third kappa shape index (κ3) is 63.3. The van der Waals surface area contributed by atoms with Gasteiger partial charge in [-0.15, -0.1) is 0 Å². The Morgan fingerprint density at radius 1 is 0.434 bits per heavy atom. The summed E-state index contributed by atoms with van der Waals surface area (Å²) in [5.41, 5.74) is 0. The highest BCUT2D eigenvalue weighted by Gasteiger charge is 2.27. The molecule has 0 aliphatic carbocycles. The van der Waals surface area contributed by atoms with Gasteiger partial charge in [-0.25, -0.2) is 0 Å². The first-order valence-electron chi connectivity index (χ1n) is 34.5. The van der Waals surface area contributed by atoms with E-state index in [1.807, 2.05) is 33.3 Å². The number of unbranched alkanes of at least 4 members (excludes halogenated alkanes) is 32. The number of nitrogens with zero attached hydrogens (tertiary/aromatic N) is 1. The van der Waals surface area contributed by atoms with Gasteiger partial charge in [0.2, 0.25) is 5.91 Å². The number of likely N-dealkylation sites (N-methyl/N-ethyl adjacent to an activating group) is 1. The number of carbonyl (C=O) groups excluding carboxylic acids is 2. The van der Waals surface area contributed by atoms with Crippen molar-refractivity contribution in [3.8, 4) is 0 Å². The smallest absolute Gasteiger partial charge is 0.306 e. The minimum Gasteiger partial charge on any atom is -0.756 e. The number of nitrogens with one attached hydrogen (secondary N) is 1. The average molecular weight is 1180 g/mol. The van der Waals surface area contributed by atoms with Crippen LogP contribution in [-0.2, 0) is 27.9 Å². The van der Waals surface area contributed by atoms with Gasteiger partial charge in [0.05, 0.1) is 33.8 Å². The molecule has 0 fully saturated rings. The van der Waals surface area contributed by atoms with Gasteiger partial charge in [-0.05, 0) is 109 Å². The van der Waals surface area contributed by atoms with Crippen molar-refractivity contribution in [1.29, 1.82) is 0 Å². The molecule has 0 aromatic heterocycles. The zero-order valence-electron chi connectivity index (χ0n) is 54.9. The largest absolute Gasteiger partial charge is 0.756 e. The number of quaternary nitrogens is 1. The fourth-order valence-corrected chi connectivity index (χ4v) is 10.4. The van der Waals surface area contributed by atoms with Crippen LogP contribution < -0.4 is 10.2 Å². The van der Waals surface area contributed by atoms with Gasteiger partial charge in [0, 0.05) is 12.8 Å². The van der Waals surface area contributed by atoms with Crippen molar-refractivity contribution >= 4 is 19.7 Å². The van der Waals surface area contributed by atoms with E-state index in [1.165, 1.54) is 161 Å². The molecule has 3 atom stereocenters. The van der Waals surface area contributed by atoms with Crippen molar-refractivity contribution in [2.45, 2.75) is 315 Å². The molecule has 1 amide bonds. The van der Waals surface area contributed by atoms with Gasteiger partial charge in [-0.2, -0.15) is 0 Å². The Bertz CT molecular complexity index is 1740. The van der Waals surface area contributed by atoms with Gasteiger partial charge in [0.15, 0.2) is 0 Å². The fourth-order valence-electron chi connectivity index (χ4n) is 9.70. The van der Waals surface area contributed by atoms with Gasteiger partial charge in [-0.3, -0.25) is 14.2 Å². The third-order valence-electron chi connectivity index (χ3n) is 15.0. The summed E-state index contributed by atoms with van der Waals surface area (Å²) in [6.45, 7) is 6.72. The van der Waals surface area contributed by atoms with Crippen molar-refractivity contribution in [3.05, 3.63) is 97.2 Å². The lowest BCUT2D eigenvalue weighted by atomic mass is 10.0. The summed E-state index contributed by atoms with van der Waals surface area (Å²) >= 11 is 0. The average Bonchev–Trinajstić information content (AvgIpc) is 3.51. The minimum atomic E-state index is -4.71. The molecule has 3 unspecified atom stereocenters. The molecule has 10 heteroatoms. The number of amides is 1. The van der Waals surface area contributed by atoms with Crippen molar-refractivity contribution in [2.75, 3.05) is 40.9 Å². The molecule has 83 heavy (non-hydrogen) atoms. The maximum atomic E-state index is 13.6. The molecule has 0 radical (unpaired) electrons. The van der Waals surface area contributed by atoms with Crippen molar-refractivity contribution in [1.82, 2.24) is 5.32 Å². The van der Waals surface area contributed by atoms with Crippen LogP contribution in [0.3, 0.4) is 0 Å². The monoisotopic (exact) mass is 1180 g/mol. The topological polar surface area (TPSA) is 114 Å². The van der Waals surface area contributed by atoms with E-state index in [1.54, 1.807) is 0 Å². The van der Waals surface area contributed by atoms with E-state index in [0.717, 1.165) is 103 Å². The second kappa shape index (κ2) is 62.0. The standard InChI is InChI=1S/C73H131N2O7P/c1-7-10-13-16-19-22-25-27-29-31-33-35-37-39-41-43-45-47-50-53-56-59-62-65-72(76)74-70(69-81-83(78,79)80-68-67-75(4,5)6)71(64-61-58-55-52-49-24-21-18-15-12-9-3)82-73(77)66-63-60-57-54-51-48-46-44-42-40-38-36-34-32-30-28-26-23-20-17-14-11-8-2/h11,14,20,23,27-30,34,36,40,42,46,48,61,64,70-71H,7-10,12-13,15-19,21-22,24-26,31-33,35,37-39,41,43-45,47,49-60,62-63,65-69H2,1-6H3,(H-,74,76,78,79)/b14-11-,23-20-,29-27+,30-28-,36-34-,42-40-,48-46-,64-61+. The summed E-state index contributed by atoms with van der Waals surface area (Å²) in [6, 6.07) is -0.904. The summed E-state index contributed by atoms with van der Waals surface area (Å²) in [7, 11) is 1.16. The zero-order chi connectivity index (χ0) is 60.7. The summed E-state index contributed by atoms with van der Waals surface area (Å²) in [5, 5.41) is 3.03. The predicted molar refractivity (Wildman–Crippen MR) is 358 cm³/mol. The summed E-state index contributed by atoms with van der Waals surface area (Å²) in [5.74, 6) is -0.568. The van der Waals surface area contributed by atoms with E-state index in [4.69, 9.17) is 13.8 Å². The van der Waals surface area contributed by atoms with Crippen LogP contribution >= 0.6 is 7.82 Å². The summed E-state index contributed by atoms with van der Waals surface area (Å²) in [6.07, 6.45) is 83.9. The lowest BCUT2D eigenvalue weighted by molar-refractivity contribution is -0.870. The Kier molecular flexibility index (Phi) is 59.7. The molecule has 480 valence electrons. The molecule has 1 N–H and O–H groups in total. The van der Waals surface area contributed by atoms with Gasteiger partial charge in [0.25, 0.3) is 7.82 Å². The predicted octanol–water partition coefficient (Wildman–Crippen LogP) is 21.3. The van der Waals surface area contributed by atoms with Crippen molar-refractivity contribution in [3.63, 3.8) is 0 Å². The molecule has 0 aromatic rings. The van der Waals surface area contributed by atoms with Crippen molar-refractivity contribution in [2.24, 2.45) is 0 Å². The summed E-state index contributed by atoms with van der Waals surface area (Å²) < 4.78 is 30.4. The maximum absolute atomic E-state index is 13.6. The van der Waals surface area contributed by atoms with Crippen LogP contribution in [0.1, 0.15) is 303 Å². The number of rotatable bonds is 62. The molecule has 0 saturated heterocycles. The number of ether oxygens (including phenoxy) is 1. The molecular weight excluding hydrogens is 1050 g/mol. The van der Waals surface area contributed by atoms with Gasteiger partial charge in [-0.1, -0.05) is 279 Å². The van der Waals surface area contributed by atoms with Gasteiger partial charge >= 0.3 is 5.97 Å². The molecule has 0 heterocycles. The first-order chi connectivity index (χ1) is 40.4. The van der Waals surface area contributed by atoms with E-state index in [2.05, 4.69) is 111 Å². The van der Waals surface area contributed by atoms with Crippen LogP contribution in [0, 0.1) is 0 Å². The fraction of sp³-hybridized carbons (Fsp3) is 0.753. The molecular formula is C73H131N2O7P. The minimum absolute atomic E-state index is 0.0302. The molecule has 0 bridgehead atoms. The second-order valence-corrected chi connectivity index (χ2v) is 25.7. The third-order valence-corrected chi connectivity index (χ3v) is 16.0. The highest BCUT2D eigenvalue weighted by Crippen LogP contribution is 2.38. The second-order valence-electron chi connectivity index (χ2n) is 24.3. The summed E-state index contributed by atoms with van der Waals surface area (Å²) in [4.78, 5) is 40.1. The lowest BCUT2D eigenvalue weighted by Crippen LogP contribution is -2.47. The van der Waals surface area contributed by atoms with Crippen LogP contribution in [-0.4, -0.2) is 69.4 Å². The number of hydrogen-bond donors (Lipinski definition) is 1. The number of phosphoric acid groups is 1. The molecule has 0 aliphatic heterocycles. The molecule has 0 saturated carbocycles. The van der Waals surface area contributed by atoms with E-state index in [9.17, 15) is 19.0 Å². The van der Waals surface area contributed by atoms with Crippen LogP contribution in [0.4, 0.5) is 0 Å². The first kappa shape index (κ1) is 79.9. The number of phosphoric ester groups is 1. The molecule has 9 nitrogen and oxygen atoms in total. The van der Waals surface area contributed by atoms with Crippen LogP contribution in [0.2, 0.25) is 0 Å². The number of allylic oxidation sites excluding steroid dienone is 15. The SMILES string of the molecule is CC/C=C\C/C=C\C/C=C\C/C=C\C/C=C\C/C=C\CCCCCCC(=O)OC(/C=C/CCCCCCCCCCC)C(COP(=O)([O-])OCC[N+](C)(C)C)NC(=O)CCCCCCCCCCCCCCC/C=C/CCCCCCCC. The Labute approximate surface area is 513 Å². The Balaban J connectivity index is 5.12. The quantitative estimate of drug-likeness (QED) is 0.0212. The zero-order valence-corrected chi connectivity index (χ0v) is 55.8. The van der Waals surface area contributed by atoms with E-state index in [-0.39, 0.29) is 24.9 Å². The normalized spacial score (nSPS) is 14.2. The Morgan fingerprint density at radius 3 is 1.17 bits per heavy atom. The lowest BCUT2D eigenvalue weighted by Gasteiger charge is -2.30. The number of esters is 1. The van der Waals surface area contributed by atoms with E-state index < -0.39 is 26.6 Å².